The number of anilines is 3. The van der Waals surface area contributed by atoms with Gasteiger partial charge < -0.3 is 35.7 Å². The lowest BCUT2D eigenvalue weighted by atomic mass is 9.92. The Kier molecular flexibility index (Phi) is 8.32. The molecule has 36 heavy (non-hydrogen) atoms. The minimum atomic E-state index is -1.52. The third kappa shape index (κ3) is 6.19. The smallest absolute Gasteiger partial charge is 0.260 e. The number of carbonyl (C=O) groups is 1. The van der Waals surface area contributed by atoms with Gasteiger partial charge in [0.15, 0.2) is 0 Å². The summed E-state index contributed by atoms with van der Waals surface area (Å²) < 4.78 is 0. The number of aliphatic hydroxyl groups excluding tert-OH is 1. The molecule has 6 N–H and O–H groups in total. The van der Waals surface area contributed by atoms with Gasteiger partial charge in [-0.3, -0.25) is 4.79 Å². The molecule has 0 bridgehead atoms. The highest BCUT2D eigenvalue weighted by Gasteiger charge is 2.36. The number of hydrogen-bond donors (Lipinski definition) is 6. The Morgan fingerprint density at radius 3 is 2.47 bits per heavy atom. The lowest BCUT2D eigenvalue weighted by molar-refractivity contribution is -0.0613. The first kappa shape index (κ1) is 27.1. The van der Waals surface area contributed by atoms with Gasteiger partial charge in [0.05, 0.1) is 29.1 Å². The van der Waals surface area contributed by atoms with Crippen LogP contribution in [0.3, 0.4) is 0 Å². The summed E-state index contributed by atoms with van der Waals surface area (Å²) in [5.74, 6) is -1.38. The second kappa shape index (κ2) is 11.1. The number of β-amino-alcohol motifs (C(OH)–C–C–N with tert-alkyl or cyclic N) is 1. The maximum atomic E-state index is 13.5. The molecular formula is C28H36N2O6. The van der Waals surface area contributed by atoms with Crippen LogP contribution in [0.1, 0.15) is 63.7 Å². The molecule has 1 aliphatic heterocycles. The quantitative estimate of drug-likeness (QED) is 0.162. The van der Waals surface area contributed by atoms with E-state index in [1.54, 1.807) is 0 Å². The van der Waals surface area contributed by atoms with Crippen molar-refractivity contribution in [3.8, 4) is 17.2 Å². The Morgan fingerprint density at radius 2 is 1.78 bits per heavy atom. The number of carbonyl (C=O) groups excluding carboxylic acids is 1. The number of nitrogens with zero attached hydrogens (tertiary/aromatic N) is 1. The fourth-order valence-corrected chi connectivity index (χ4v) is 4.19. The topological polar surface area (TPSA) is 133 Å². The maximum absolute atomic E-state index is 13.5. The van der Waals surface area contributed by atoms with Crippen molar-refractivity contribution in [1.29, 1.82) is 0 Å². The van der Waals surface area contributed by atoms with Gasteiger partial charge >= 0.3 is 0 Å². The highest BCUT2D eigenvalue weighted by molar-refractivity contribution is 6.15. The zero-order valence-corrected chi connectivity index (χ0v) is 21.2. The van der Waals surface area contributed by atoms with Crippen LogP contribution < -0.4 is 10.2 Å². The van der Waals surface area contributed by atoms with Gasteiger partial charge in [-0.25, -0.2) is 0 Å². The molecule has 2 aromatic carbocycles. The number of benzene rings is 2. The molecule has 0 aromatic heterocycles. The number of nitrogens with one attached hydrogen (secondary N) is 1. The fraction of sp³-hybridized carbons (Fsp3) is 0.393. The van der Waals surface area contributed by atoms with Crippen LogP contribution in [0, 0.1) is 0 Å². The first-order valence-corrected chi connectivity index (χ1v) is 12.1. The number of aromatic hydroxyl groups is 3. The number of phenolic OH excluding ortho intramolecular Hbond substituents is 3. The van der Waals surface area contributed by atoms with Crippen molar-refractivity contribution in [2.24, 2.45) is 0 Å². The SMILES string of the molecule is CC(C)=CCCC(C)=CCCC(C)(O)C(O)CN1C(=O)c2cccc(O)c2Nc2c(O)cc(O)cc21. The summed E-state index contributed by atoms with van der Waals surface area (Å²) >= 11 is 0. The molecule has 0 fully saturated rings. The minimum Gasteiger partial charge on any atom is -0.508 e. The molecule has 2 aromatic rings. The van der Waals surface area contributed by atoms with Crippen molar-refractivity contribution in [2.45, 2.75) is 65.1 Å². The summed E-state index contributed by atoms with van der Waals surface area (Å²) in [5, 5.41) is 55.8. The van der Waals surface area contributed by atoms with Gasteiger partial charge in [0.2, 0.25) is 0 Å². The van der Waals surface area contributed by atoms with E-state index in [1.165, 1.54) is 47.2 Å². The van der Waals surface area contributed by atoms with Crippen molar-refractivity contribution in [2.75, 3.05) is 16.8 Å². The van der Waals surface area contributed by atoms with Gasteiger partial charge in [-0.15, -0.1) is 0 Å². The van der Waals surface area contributed by atoms with Crippen LogP contribution in [0.15, 0.2) is 53.6 Å². The molecule has 8 nitrogen and oxygen atoms in total. The van der Waals surface area contributed by atoms with Gasteiger partial charge in [0.1, 0.15) is 29.0 Å². The van der Waals surface area contributed by atoms with Crippen molar-refractivity contribution in [3.63, 3.8) is 0 Å². The molecule has 3 rings (SSSR count). The fourth-order valence-electron chi connectivity index (χ4n) is 4.19. The van der Waals surface area contributed by atoms with Crippen molar-refractivity contribution in [3.05, 3.63) is 59.2 Å². The average molecular weight is 497 g/mol. The Balaban J connectivity index is 1.83. The van der Waals surface area contributed by atoms with Crippen LogP contribution in [0.2, 0.25) is 0 Å². The van der Waals surface area contributed by atoms with E-state index < -0.39 is 17.6 Å². The number of phenols is 3. The third-order valence-electron chi connectivity index (χ3n) is 6.45. The number of amides is 1. The second-order valence-corrected chi connectivity index (χ2v) is 9.88. The van der Waals surface area contributed by atoms with Crippen LogP contribution in [0.5, 0.6) is 17.2 Å². The van der Waals surface area contributed by atoms with Crippen LogP contribution in [-0.4, -0.2) is 49.7 Å². The molecule has 2 atom stereocenters. The van der Waals surface area contributed by atoms with Crippen molar-refractivity contribution in [1.82, 2.24) is 0 Å². The van der Waals surface area contributed by atoms with Crippen LogP contribution in [0.4, 0.5) is 17.1 Å². The van der Waals surface area contributed by atoms with Crippen LogP contribution in [0.25, 0.3) is 0 Å². The number of allylic oxidation sites excluding steroid dienone is 4. The van der Waals surface area contributed by atoms with E-state index in [1.807, 2.05) is 13.0 Å². The van der Waals surface area contributed by atoms with E-state index in [-0.39, 0.29) is 52.8 Å². The molecule has 0 aliphatic carbocycles. The predicted molar refractivity (Wildman–Crippen MR) is 141 cm³/mol. The lowest BCUT2D eigenvalue weighted by Gasteiger charge is -2.33. The van der Waals surface area contributed by atoms with E-state index in [4.69, 9.17) is 0 Å². The van der Waals surface area contributed by atoms with E-state index in [0.717, 1.165) is 18.9 Å². The van der Waals surface area contributed by atoms with E-state index in [0.29, 0.717) is 6.42 Å². The van der Waals surface area contributed by atoms with E-state index in [2.05, 4.69) is 25.2 Å². The highest BCUT2D eigenvalue weighted by atomic mass is 16.3. The summed E-state index contributed by atoms with van der Waals surface area (Å²) in [7, 11) is 0. The summed E-state index contributed by atoms with van der Waals surface area (Å²) in [6.45, 7) is 7.37. The number of rotatable bonds is 9. The standard InChI is InChI=1S/C28H36N2O6/c1-17(2)8-5-9-18(3)10-7-13-28(4,36)24(34)16-30-21-14-19(31)15-23(33)26(21)29-25-20(27(30)35)11-6-12-22(25)32/h6,8,10-12,14-15,24,29,31-34,36H,5,7,9,13,16H2,1-4H3. The summed E-state index contributed by atoms with van der Waals surface area (Å²) in [4.78, 5) is 14.7. The van der Waals surface area contributed by atoms with E-state index >= 15 is 0 Å². The minimum absolute atomic E-state index is 0.0863. The monoisotopic (exact) mass is 496 g/mol. The van der Waals surface area contributed by atoms with Gasteiger partial charge in [-0.1, -0.05) is 29.4 Å². The molecule has 1 amide bonds. The third-order valence-corrected chi connectivity index (χ3v) is 6.45. The highest BCUT2D eigenvalue weighted by Crippen LogP contribution is 2.46. The Bertz CT molecular complexity index is 1180. The average Bonchev–Trinajstić information content (AvgIpc) is 2.90. The van der Waals surface area contributed by atoms with Gasteiger partial charge in [0, 0.05) is 12.1 Å². The molecule has 1 heterocycles. The molecule has 1 aliphatic rings. The Labute approximate surface area is 211 Å². The van der Waals surface area contributed by atoms with E-state index in [9.17, 15) is 30.3 Å². The first-order valence-electron chi connectivity index (χ1n) is 12.1. The normalized spacial score (nSPS) is 15.8. The van der Waals surface area contributed by atoms with Crippen molar-refractivity contribution >= 4 is 23.0 Å². The van der Waals surface area contributed by atoms with Gasteiger partial charge in [0.25, 0.3) is 5.91 Å². The number of fused-ring (bicyclic) bond motifs is 2. The number of hydrogen-bond acceptors (Lipinski definition) is 7. The van der Waals surface area contributed by atoms with Crippen LogP contribution in [-0.2, 0) is 0 Å². The Morgan fingerprint density at radius 1 is 1.06 bits per heavy atom. The molecule has 0 spiro atoms. The van der Waals surface area contributed by atoms with Crippen LogP contribution >= 0.6 is 0 Å². The summed E-state index contributed by atoms with van der Waals surface area (Å²) in [6, 6.07) is 6.81. The predicted octanol–water partition coefficient (Wildman–Crippen LogP) is 5.09. The zero-order chi connectivity index (χ0) is 26.6. The molecule has 0 radical (unpaired) electrons. The summed E-state index contributed by atoms with van der Waals surface area (Å²) in [6.07, 6.45) is 5.57. The molecule has 194 valence electrons. The lowest BCUT2D eigenvalue weighted by Crippen LogP contribution is -2.48. The maximum Gasteiger partial charge on any atom is 0.260 e. The number of aliphatic hydroxyl groups is 2. The molecular weight excluding hydrogens is 460 g/mol. The molecule has 2 unspecified atom stereocenters. The van der Waals surface area contributed by atoms with Gasteiger partial charge in [-0.05, 0) is 65.5 Å². The number of para-hydroxylation sites is 1. The first-order chi connectivity index (χ1) is 16.9. The van der Waals surface area contributed by atoms with Crippen molar-refractivity contribution < 1.29 is 30.3 Å². The molecule has 0 saturated heterocycles. The molecule has 8 heteroatoms. The largest absolute Gasteiger partial charge is 0.508 e. The second-order valence-electron chi connectivity index (χ2n) is 9.88. The Hall–Kier alpha value is -3.49. The van der Waals surface area contributed by atoms with Gasteiger partial charge in [-0.2, -0.15) is 0 Å². The molecule has 0 saturated carbocycles. The zero-order valence-electron chi connectivity index (χ0n) is 21.2. The summed E-state index contributed by atoms with van der Waals surface area (Å²) in [5.41, 5.74) is 1.36.